The Morgan fingerprint density at radius 1 is 0.800 bits per heavy atom. The molecule has 0 unspecified atom stereocenters. The Labute approximate surface area is 173 Å². The fourth-order valence-corrected chi connectivity index (χ4v) is 1.68. The van der Waals surface area contributed by atoms with Gasteiger partial charge in [-0.2, -0.15) is 0 Å². The van der Waals surface area contributed by atoms with Gasteiger partial charge in [0.1, 0.15) is 31.8 Å². The Bertz CT molecular complexity index is 603. The molecule has 0 aromatic rings. The molecule has 0 aliphatic rings. The van der Waals surface area contributed by atoms with E-state index in [-0.39, 0.29) is 26.3 Å². The van der Waals surface area contributed by atoms with E-state index in [1.54, 1.807) is 0 Å². The molecule has 0 rings (SSSR count). The van der Waals surface area contributed by atoms with E-state index < -0.39 is 48.7 Å². The highest BCUT2D eigenvalue weighted by Crippen LogP contribution is 2.20. The van der Waals surface area contributed by atoms with Gasteiger partial charge in [0.25, 0.3) is 0 Å². The third kappa shape index (κ3) is 11.3. The summed E-state index contributed by atoms with van der Waals surface area (Å²) in [6, 6.07) is 0. The zero-order chi connectivity index (χ0) is 23.0. The van der Waals surface area contributed by atoms with E-state index in [4.69, 9.17) is 9.47 Å². The number of amides is 2. The van der Waals surface area contributed by atoms with Crippen molar-refractivity contribution < 1.29 is 47.7 Å². The number of carbonyl (C=O) groups is 5. The molecule has 0 aromatic heterocycles. The topological polar surface area (TPSA) is 156 Å². The van der Waals surface area contributed by atoms with Gasteiger partial charge < -0.3 is 34.3 Å². The van der Waals surface area contributed by atoms with Crippen molar-refractivity contribution in [1.82, 2.24) is 10.6 Å². The summed E-state index contributed by atoms with van der Waals surface area (Å²) >= 11 is 0. The summed E-state index contributed by atoms with van der Waals surface area (Å²) in [5.41, 5.74) is -1.48. The molecule has 2 amide bonds. The van der Waals surface area contributed by atoms with Crippen molar-refractivity contribution in [1.29, 1.82) is 0 Å². The smallest absolute Gasteiger partial charge is 0.407 e. The second-order valence-corrected chi connectivity index (χ2v) is 5.80. The molecule has 0 saturated heterocycles. The number of carbonyl (C=O) groups excluding carboxylic acids is 5. The van der Waals surface area contributed by atoms with Crippen molar-refractivity contribution in [2.45, 2.75) is 6.92 Å². The van der Waals surface area contributed by atoms with Crippen LogP contribution >= 0.6 is 0 Å². The Morgan fingerprint density at radius 3 is 1.53 bits per heavy atom. The number of rotatable bonds is 13. The van der Waals surface area contributed by atoms with Gasteiger partial charge in [-0.05, 0) is 6.92 Å². The lowest BCUT2D eigenvalue weighted by molar-refractivity contribution is -0.157. The molecular weight excluding hydrogens is 404 g/mol. The molecule has 0 atom stereocenters. The lowest BCUT2D eigenvalue weighted by Crippen LogP contribution is -2.42. The van der Waals surface area contributed by atoms with Crippen molar-refractivity contribution in [2.75, 3.05) is 46.6 Å². The molecule has 0 spiro atoms. The van der Waals surface area contributed by atoms with Crippen LogP contribution in [-0.4, -0.2) is 76.7 Å². The zero-order valence-electron chi connectivity index (χ0n) is 16.9. The monoisotopic (exact) mass is 430 g/mol. The fourth-order valence-electron chi connectivity index (χ4n) is 1.68. The third-order valence-electron chi connectivity index (χ3n) is 3.29. The maximum atomic E-state index is 12.0. The van der Waals surface area contributed by atoms with E-state index in [1.807, 2.05) is 0 Å². The van der Waals surface area contributed by atoms with E-state index in [0.717, 1.165) is 19.3 Å². The van der Waals surface area contributed by atoms with Gasteiger partial charge in [-0.25, -0.2) is 19.2 Å². The summed E-state index contributed by atoms with van der Waals surface area (Å²) in [6.45, 7) is 6.66. The van der Waals surface area contributed by atoms with Crippen LogP contribution in [0.4, 0.5) is 9.59 Å². The largest absolute Gasteiger partial charge is 0.468 e. The fraction of sp³-hybridized carbons (Fsp3) is 0.500. The molecule has 0 heterocycles. The second-order valence-electron chi connectivity index (χ2n) is 5.80. The standard InChI is InChI=1S/C18H26N2O10/c1-5-13(21)27-9-7-19-16(24)29-11-18(3,15(23)26-4)12-30-17(25)20-8-10-28-14(22)6-2/h5-6H,1-2,7-12H2,3-4H3,(H,19,24)(H,20,25). The number of methoxy groups -OCH3 is 1. The molecular formula is C18H26N2O10. The van der Waals surface area contributed by atoms with Crippen molar-refractivity contribution in [3.05, 3.63) is 25.3 Å². The Morgan fingerprint density at radius 2 is 1.20 bits per heavy atom. The lowest BCUT2D eigenvalue weighted by Gasteiger charge is -2.25. The van der Waals surface area contributed by atoms with Crippen LogP contribution in [0.1, 0.15) is 6.92 Å². The number of alkyl carbamates (subject to hydrolysis) is 2. The van der Waals surface area contributed by atoms with E-state index in [2.05, 4.69) is 38.0 Å². The molecule has 168 valence electrons. The van der Waals surface area contributed by atoms with Gasteiger partial charge in [0.2, 0.25) is 0 Å². The number of hydrogen-bond acceptors (Lipinski definition) is 10. The van der Waals surface area contributed by atoms with Crippen LogP contribution < -0.4 is 10.6 Å². The molecule has 12 heteroatoms. The van der Waals surface area contributed by atoms with Crippen molar-refractivity contribution >= 4 is 30.1 Å². The summed E-state index contributed by atoms with van der Waals surface area (Å²) in [6.07, 6.45) is 0.190. The minimum absolute atomic E-state index is 0.0251. The van der Waals surface area contributed by atoms with Crippen LogP contribution in [0.3, 0.4) is 0 Å². The summed E-state index contributed by atoms with van der Waals surface area (Å²) in [7, 11) is 1.13. The number of nitrogens with one attached hydrogen (secondary N) is 2. The molecule has 2 N–H and O–H groups in total. The van der Waals surface area contributed by atoms with Crippen LogP contribution in [0.15, 0.2) is 25.3 Å². The van der Waals surface area contributed by atoms with Gasteiger partial charge in [0.15, 0.2) is 0 Å². The van der Waals surface area contributed by atoms with E-state index in [0.29, 0.717) is 0 Å². The Kier molecular flexibility index (Phi) is 12.7. The van der Waals surface area contributed by atoms with Crippen LogP contribution in [0.25, 0.3) is 0 Å². The molecule has 0 saturated carbocycles. The molecule has 0 fully saturated rings. The van der Waals surface area contributed by atoms with E-state index in [9.17, 15) is 24.0 Å². The van der Waals surface area contributed by atoms with Crippen molar-refractivity contribution in [2.24, 2.45) is 5.41 Å². The minimum atomic E-state index is -1.48. The van der Waals surface area contributed by atoms with Gasteiger partial charge in [-0.15, -0.1) is 0 Å². The van der Waals surface area contributed by atoms with Gasteiger partial charge in [0, 0.05) is 12.2 Å². The molecule has 30 heavy (non-hydrogen) atoms. The van der Waals surface area contributed by atoms with Gasteiger partial charge in [0.05, 0.1) is 20.2 Å². The first kappa shape index (κ1) is 26.4. The molecule has 0 aromatic carbocycles. The average molecular weight is 430 g/mol. The van der Waals surface area contributed by atoms with Crippen molar-refractivity contribution in [3.8, 4) is 0 Å². The molecule has 0 aliphatic carbocycles. The number of ether oxygens (including phenoxy) is 5. The predicted octanol–water partition coefficient (Wildman–Crippen LogP) is 0.0765. The Hall–Kier alpha value is -3.57. The number of esters is 3. The summed E-state index contributed by atoms with van der Waals surface area (Å²) < 4.78 is 23.9. The summed E-state index contributed by atoms with van der Waals surface area (Å²) in [5, 5.41) is 4.62. The highest BCUT2D eigenvalue weighted by molar-refractivity contribution is 5.81. The van der Waals surface area contributed by atoms with Crippen LogP contribution in [0.2, 0.25) is 0 Å². The van der Waals surface area contributed by atoms with E-state index in [1.165, 1.54) is 6.92 Å². The normalized spacial score (nSPS) is 10.1. The summed E-state index contributed by atoms with van der Waals surface area (Å²) in [4.78, 5) is 57.1. The first-order chi connectivity index (χ1) is 14.2. The second kappa shape index (κ2) is 14.4. The first-order valence-corrected chi connectivity index (χ1v) is 8.66. The van der Waals surface area contributed by atoms with Gasteiger partial charge >= 0.3 is 30.1 Å². The highest BCUT2D eigenvalue weighted by Gasteiger charge is 2.38. The van der Waals surface area contributed by atoms with Crippen LogP contribution in [0, 0.1) is 5.41 Å². The number of hydrogen-bond donors (Lipinski definition) is 2. The average Bonchev–Trinajstić information content (AvgIpc) is 2.75. The van der Waals surface area contributed by atoms with Gasteiger partial charge in [-0.1, -0.05) is 13.2 Å². The SMILES string of the molecule is C=CC(=O)OCCNC(=O)OCC(C)(COC(=O)NCCOC(=O)C=C)C(=O)OC. The molecule has 0 bridgehead atoms. The van der Waals surface area contributed by atoms with Crippen LogP contribution in [-0.2, 0) is 38.1 Å². The van der Waals surface area contributed by atoms with Crippen molar-refractivity contribution in [3.63, 3.8) is 0 Å². The maximum Gasteiger partial charge on any atom is 0.407 e. The zero-order valence-corrected chi connectivity index (χ0v) is 16.9. The quantitative estimate of drug-likeness (QED) is 0.177. The Balaban J connectivity index is 4.40. The third-order valence-corrected chi connectivity index (χ3v) is 3.29. The lowest BCUT2D eigenvalue weighted by atomic mass is 9.93. The van der Waals surface area contributed by atoms with E-state index >= 15 is 0 Å². The van der Waals surface area contributed by atoms with Crippen LogP contribution in [0.5, 0.6) is 0 Å². The summed E-state index contributed by atoms with van der Waals surface area (Å²) in [5.74, 6) is -2.06. The maximum absolute atomic E-state index is 12.0. The predicted molar refractivity (Wildman–Crippen MR) is 101 cm³/mol. The van der Waals surface area contributed by atoms with Gasteiger partial charge in [-0.3, -0.25) is 4.79 Å². The molecule has 0 radical (unpaired) electrons. The molecule has 12 nitrogen and oxygen atoms in total. The first-order valence-electron chi connectivity index (χ1n) is 8.66. The molecule has 0 aliphatic heterocycles. The minimum Gasteiger partial charge on any atom is -0.468 e. The highest BCUT2D eigenvalue weighted by atomic mass is 16.6.